The summed E-state index contributed by atoms with van der Waals surface area (Å²) in [5, 5.41) is 3.51. The minimum absolute atomic E-state index is 0.883. The van der Waals surface area contributed by atoms with Gasteiger partial charge in [0.1, 0.15) is 0 Å². The molecule has 0 aliphatic carbocycles. The Labute approximate surface area is 119 Å². The second kappa shape index (κ2) is 7.49. The molecule has 0 saturated carbocycles. The SMILES string of the molecule is CCC1CCCN(CCNCc2ccc(Cl)s2)C1. The van der Waals surface area contributed by atoms with Crippen LogP contribution in [0.15, 0.2) is 12.1 Å². The smallest absolute Gasteiger partial charge is 0.0931 e. The first-order chi connectivity index (χ1) is 8.78. The summed E-state index contributed by atoms with van der Waals surface area (Å²) in [5.74, 6) is 0.926. The van der Waals surface area contributed by atoms with E-state index in [4.69, 9.17) is 11.6 Å². The number of thiophene rings is 1. The molecule has 1 aliphatic rings. The van der Waals surface area contributed by atoms with Gasteiger partial charge in [0.15, 0.2) is 0 Å². The molecule has 1 atom stereocenters. The molecule has 0 bridgehead atoms. The van der Waals surface area contributed by atoms with E-state index in [0.717, 1.165) is 23.3 Å². The normalized spacial score (nSPS) is 21.3. The van der Waals surface area contributed by atoms with Crippen molar-refractivity contribution in [1.29, 1.82) is 0 Å². The van der Waals surface area contributed by atoms with E-state index in [1.807, 2.05) is 6.07 Å². The number of nitrogens with zero attached hydrogens (tertiary/aromatic N) is 1. The molecule has 1 fully saturated rings. The number of halogens is 1. The van der Waals surface area contributed by atoms with Gasteiger partial charge in [0.05, 0.1) is 4.34 Å². The summed E-state index contributed by atoms with van der Waals surface area (Å²) in [7, 11) is 0. The lowest BCUT2D eigenvalue weighted by Crippen LogP contribution is -2.39. The Morgan fingerprint density at radius 2 is 2.39 bits per heavy atom. The molecule has 1 aromatic heterocycles. The average Bonchev–Trinajstić information content (AvgIpc) is 2.81. The summed E-state index contributed by atoms with van der Waals surface area (Å²) in [6, 6.07) is 4.08. The van der Waals surface area contributed by atoms with Crippen molar-refractivity contribution in [1.82, 2.24) is 10.2 Å². The highest BCUT2D eigenvalue weighted by Crippen LogP contribution is 2.21. The summed E-state index contributed by atoms with van der Waals surface area (Å²) in [6.07, 6.45) is 4.13. The summed E-state index contributed by atoms with van der Waals surface area (Å²) in [6.45, 7) is 8.09. The quantitative estimate of drug-likeness (QED) is 0.804. The number of nitrogens with one attached hydrogen (secondary N) is 1. The fraction of sp³-hybridized carbons (Fsp3) is 0.714. The molecular weight excluding hydrogens is 264 g/mol. The highest BCUT2D eigenvalue weighted by atomic mass is 35.5. The van der Waals surface area contributed by atoms with E-state index in [1.54, 1.807) is 11.3 Å². The van der Waals surface area contributed by atoms with Crippen molar-refractivity contribution in [2.24, 2.45) is 5.92 Å². The van der Waals surface area contributed by atoms with Crippen LogP contribution in [0.4, 0.5) is 0 Å². The van der Waals surface area contributed by atoms with Gasteiger partial charge in [0.2, 0.25) is 0 Å². The second-order valence-electron chi connectivity index (χ2n) is 5.10. The molecule has 0 spiro atoms. The molecule has 2 heterocycles. The van der Waals surface area contributed by atoms with Crippen LogP contribution >= 0.6 is 22.9 Å². The van der Waals surface area contributed by atoms with E-state index in [2.05, 4.69) is 23.2 Å². The van der Waals surface area contributed by atoms with Crippen molar-refractivity contribution in [2.45, 2.75) is 32.7 Å². The van der Waals surface area contributed by atoms with Crippen LogP contribution in [0.5, 0.6) is 0 Å². The van der Waals surface area contributed by atoms with Crippen molar-refractivity contribution in [2.75, 3.05) is 26.2 Å². The maximum absolute atomic E-state index is 5.91. The zero-order chi connectivity index (χ0) is 12.8. The van der Waals surface area contributed by atoms with E-state index < -0.39 is 0 Å². The van der Waals surface area contributed by atoms with Crippen LogP contribution in [0.1, 0.15) is 31.1 Å². The predicted octanol–water partition coefficient (Wildman–Crippen LogP) is 3.61. The maximum Gasteiger partial charge on any atom is 0.0931 e. The molecule has 1 aromatic rings. The average molecular weight is 287 g/mol. The van der Waals surface area contributed by atoms with E-state index in [9.17, 15) is 0 Å². The van der Waals surface area contributed by atoms with E-state index in [0.29, 0.717) is 0 Å². The van der Waals surface area contributed by atoms with Gasteiger partial charge >= 0.3 is 0 Å². The minimum Gasteiger partial charge on any atom is -0.311 e. The Bertz CT molecular complexity index is 353. The van der Waals surface area contributed by atoms with Gasteiger partial charge in [-0.05, 0) is 37.4 Å². The van der Waals surface area contributed by atoms with Crippen LogP contribution < -0.4 is 5.32 Å². The first kappa shape index (κ1) is 14.3. The summed E-state index contributed by atoms with van der Waals surface area (Å²) in [4.78, 5) is 3.93. The number of hydrogen-bond acceptors (Lipinski definition) is 3. The Hall–Kier alpha value is -0.0900. The van der Waals surface area contributed by atoms with Crippen molar-refractivity contribution < 1.29 is 0 Å². The standard InChI is InChI=1S/C14H23ClN2S/c1-2-12-4-3-8-17(11-12)9-7-16-10-13-5-6-14(15)18-13/h5-6,12,16H,2-4,7-11H2,1H3. The molecule has 1 aliphatic heterocycles. The molecule has 1 saturated heterocycles. The van der Waals surface area contributed by atoms with Gasteiger partial charge in [-0.1, -0.05) is 24.9 Å². The molecule has 18 heavy (non-hydrogen) atoms. The van der Waals surface area contributed by atoms with Crippen molar-refractivity contribution >= 4 is 22.9 Å². The molecular formula is C14H23ClN2S. The van der Waals surface area contributed by atoms with E-state index >= 15 is 0 Å². The molecule has 1 N–H and O–H groups in total. The number of piperidine rings is 1. The van der Waals surface area contributed by atoms with Gasteiger partial charge in [-0.3, -0.25) is 0 Å². The summed E-state index contributed by atoms with van der Waals surface area (Å²) >= 11 is 7.58. The predicted molar refractivity (Wildman–Crippen MR) is 80.5 cm³/mol. The molecule has 1 unspecified atom stereocenters. The first-order valence-corrected chi connectivity index (χ1v) is 8.14. The van der Waals surface area contributed by atoms with Crippen molar-refractivity contribution in [3.8, 4) is 0 Å². The van der Waals surface area contributed by atoms with Gasteiger partial charge in [-0.25, -0.2) is 0 Å². The Morgan fingerprint density at radius 1 is 1.50 bits per heavy atom. The molecule has 102 valence electrons. The zero-order valence-corrected chi connectivity index (χ0v) is 12.7. The van der Waals surface area contributed by atoms with Crippen molar-refractivity contribution in [3.63, 3.8) is 0 Å². The third kappa shape index (κ3) is 4.54. The lowest BCUT2D eigenvalue weighted by Gasteiger charge is -2.32. The van der Waals surface area contributed by atoms with Crippen LogP contribution in [-0.4, -0.2) is 31.1 Å². The molecule has 0 radical (unpaired) electrons. The van der Waals surface area contributed by atoms with Gasteiger partial charge in [0.25, 0.3) is 0 Å². The lowest BCUT2D eigenvalue weighted by atomic mass is 9.96. The van der Waals surface area contributed by atoms with Crippen LogP contribution in [0, 0.1) is 5.92 Å². The summed E-state index contributed by atoms with van der Waals surface area (Å²) < 4.78 is 0.883. The molecule has 2 rings (SSSR count). The van der Waals surface area contributed by atoms with Crippen LogP contribution in [-0.2, 0) is 6.54 Å². The number of hydrogen-bond donors (Lipinski definition) is 1. The third-order valence-electron chi connectivity index (χ3n) is 3.71. The van der Waals surface area contributed by atoms with E-state index in [1.165, 1.54) is 43.8 Å². The fourth-order valence-electron chi connectivity index (χ4n) is 2.58. The van der Waals surface area contributed by atoms with Gasteiger partial charge < -0.3 is 10.2 Å². The van der Waals surface area contributed by atoms with Gasteiger partial charge in [-0.15, -0.1) is 11.3 Å². The van der Waals surface area contributed by atoms with Crippen LogP contribution in [0.3, 0.4) is 0 Å². The van der Waals surface area contributed by atoms with Crippen LogP contribution in [0.2, 0.25) is 4.34 Å². The largest absolute Gasteiger partial charge is 0.311 e. The van der Waals surface area contributed by atoms with Crippen molar-refractivity contribution in [3.05, 3.63) is 21.3 Å². The van der Waals surface area contributed by atoms with E-state index in [-0.39, 0.29) is 0 Å². The molecule has 0 aromatic carbocycles. The van der Waals surface area contributed by atoms with Gasteiger partial charge in [-0.2, -0.15) is 0 Å². The lowest BCUT2D eigenvalue weighted by molar-refractivity contribution is 0.172. The highest BCUT2D eigenvalue weighted by Gasteiger charge is 2.17. The topological polar surface area (TPSA) is 15.3 Å². The second-order valence-corrected chi connectivity index (χ2v) is 6.90. The third-order valence-corrected chi connectivity index (χ3v) is 4.94. The molecule has 4 heteroatoms. The summed E-state index contributed by atoms with van der Waals surface area (Å²) in [5.41, 5.74) is 0. The number of rotatable bonds is 6. The molecule has 2 nitrogen and oxygen atoms in total. The Morgan fingerprint density at radius 3 is 3.11 bits per heavy atom. The monoisotopic (exact) mass is 286 g/mol. The highest BCUT2D eigenvalue weighted by molar-refractivity contribution is 7.16. The first-order valence-electron chi connectivity index (χ1n) is 6.95. The number of likely N-dealkylation sites (tertiary alicyclic amines) is 1. The maximum atomic E-state index is 5.91. The zero-order valence-electron chi connectivity index (χ0n) is 11.1. The Balaban J connectivity index is 1.60. The molecule has 0 amide bonds. The van der Waals surface area contributed by atoms with Crippen LogP contribution in [0.25, 0.3) is 0 Å². The van der Waals surface area contributed by atoms with Gasteiger partial charge in [0, 0.05) is 31.1 Å². The minimum atomic E-state index is 0.883. The Kier molecular flexibility index (Phi) is 5.96. The fourth-order valence-corrected chi connectivity index (χ4v) is 3.64.